The van der Waals surface area contributed by atoms with Crippen molar-refractivity contribution in [2.75, 3.05) is 19.8 Å². The van der Waals surface area contributed by atoms with E-state index in [4.69, 9.17) is 4.74 Å². The normalized spacial score (nSPS) is 23.0. The lowest BCUT2D eigenvalue weighted by molar-refractivity contribution is 0.0708. The van der Waals surface area contributed by atoms with Crippen molar-refractivity contribution >= 4 is 0 Å². The predicted molar refractivity (Wildman–Crippen MR) is 79.4 cm³/mol. The van der Waals surface area contributed by atoms with E-state index in [0.29, 0.717) is 18.1 Å². The first-order valence-corrected chi connectivity index (χ1v) is 7.29. The van der Waals surface area contributed by atoms with Gasteiger partial charge >= 0.3 is 0 Å². The van der Waals surface area contributed by atoms with Crippen molar-refractivity contribution in [2.45, 2.75) is 45.3 Å². The number of aryl methyl sites for hydroxylation is 1. The molecule has 1 aromatic rings. The zero-order valence-corrected chi connectivity index (χ0v) is 12.3. The first-order valence-electron chi connectivity index (χ1n) is 7.29. The minimum absolute atomic E-state index is 0.388. The van der Waals surface area contributed by atoms with Gasteiger partial charge in [-0.2, -0.15) is 0 Å². The van der Waals surface area contributed by atoms with E-state index in [1.807, 2.05) is 0 Å². The third-order valence-electron chi connectivity index (χ3n) is 3.71. The van der Waals surface area contributed by atoms with Crippen LogP contribution in [-0.2, 0) is 4.74 Å². The molecule has 3 nitrogen and oxygen atoms in total. The molecule has 2 unspecified atom stereocenters. The first-order chi connectivity index (χ1) is 9.15. The van der Waals surface area contributed by atoms with E-state index in [2.05, 4.69) is 55.7 Å². The summed E-state index contributed by atoms with van der Waals surface area (Å²) in [5.41, 5.74) is 2.68. The lowest BCUT2D eigenvalue weighted by Crippen LogP contribution is -2.45. The van der Waals surface area contributed by atoms with Gasteiger partial charge in [0, 0.05) is 24.7 Å². The summed E-state index contributed by atoms with van der Waals surface area (Å²) in [6.07, 6.45) is 1.11. The van der Waals surface area contributed by atoms with Crippen LogP contribution in [0.15, 0.2) is 24.3 Å². The first kappa shape index (κ1) is 14.5. The van der Waals surface area contributed by atoms with Crippen LogP contribution in [0.3, 0.4) is 0 Å². The number of hydrogen-bond acceptors (Lipinski definition) is 3. The van der Waals surface area contributed by atoms with Gasteiger partial charge in [-0.05, 0) is 32.8 Å². The van der Waals surface area contributed by atoms with Crippen LogP contribution in [0.1, 0.15) is 37.4 Å². The summed E-state index contributed by atoms with van der Waals surface area (Å²) < 4.78 is 5.50. The Morgan fingerprint density at radius 2 is 2.26 bits per heavy atom. The predicted octanol–water partition coefficient (Wildman–Crippen LogP) is 2.41. The van der Waals surface area contributed by atoms with Gasteiger partial charge in [-0.1, -0.05) is 29.8 Å². The van der Waals surface area contributed by atoms with Gasteiger partial charge in [0.15, 0.2) is 0 Å². The molecule has 0 aliphatic carbocycles. The molecule has 1 aromatic carbocycles. The van der Waals surface area contributed by atoms with E-state index in [9.17, 15) is 0 Å². The minimum atomic E-state index is 0.388. The van der Waals surface area contributed by atoms with Gasteiger partial charge in [-0.25, -0.2) is 0 Å². The Kier molecular flexibility index (Phi) is 5.37. The van der Waals surface area contributed by atoms with Crippen LogP contribution in [0.4, 0.5) is 0 Å². The Labute approximate surface area is 116 Å². The molecule has 1 saturated heterocycles. The number of hydrogen-bond donors (Lipinski definition) is 2. The maximum Gasteiger partial charge on any atom is 0.0620 e. The van der Waals surface area contributed by atoms with Crippen LogP contribution in [0.25, 0.3) is 0 Å². The Morgan fingerprint density at radius 1 is 1.42 bits per heavy atom. The van der Waals surface area contributed by atoms with Crippen LogP contribution < -0.4 is 10.6 Å². The quantitative estimate of drug-likeness (QED) is 0.855. The molecule has 0 radical (unpaired) electrons. The van der Waals surface area contributed by atoms with Gasteiger partial charge in [0.25, 0.3) is 0 Å². The highest BCUT2D eigenvalue weighted by molar-refractivity contribution is 5.24. The Hall–Kier alpha value is -0.900. The third-order valence-corrected chi connectivity index (χ3v) is 3.71. The van der Waals surface area contributed by atoms with Gasteiger partial charge in [0.05, 0.1) is 13.2 Å². The van der Waals surface area contributed by atoms with E-state index in [1.165, 1.54) is 11.1 Å². The molecular formula is C16H26N2O. The van der Waals surface area contributed by atoms with Crippen molar-refractivity contribution in [3.05, 3.63) is 35.4 Å². The smallest absolute Gasteiger partial charge is 0.0620 e. The second kappa shape index (κ2) is 7.04. The monoisotopic (exact) mass is 262 g/mol. The van der Waals surface area contributed by atoms with Crippen molar-refractivity contribution in [1.29, 1.82) is 0 Å². The summed E-state index contributed by atoms with van der Waals surface area (Å²) >= 11 is 0. The SMILES string of the molecule is Cc1cccc([C@@H](C)NC(C)CC2COCCN2)c1. The zero-order chi connectivity index (χ0) is 13.7. The molecule has 1 aliphatic heterocycles. The van der Waals surface area contributed by atoms with Crippen molar-refractivity contribution in [3.63, 3.8) is 0 Å². The molecule has 1 aliphatic rings. The Bertz CT molecular complexity index is 388. The molecule has 0 aromatic heterocycles. The molecule has 2 rings (SSSR count). The van der Waals surface area contributed by atoms with Crippen LogP contribution in [0, 0.1) is 6.92 Å². The molecule has 3 heteroatoms. The van der Waals surface area contributed by atoms with Crippen molar-refractivity contribution < 1.29 is 4.74 Å². The van der Waals surface area contributed by atoms with E-state index < -0.39 is 0 Å². The molecule has 0 saturated carbocycles. The molecular weight excluding hydrogens is 236 g/mol. The van der Waals surface area contributed by atoms with Gasteiger partial charge in [-0.3, -0.25) is 0 Å². The fourth-order valence-corrected chi connectivity index (χ4v) is 2.73. The Balaban J connectivity index is 1.82. The summed E-state index contributed by atoms with van der Waals surface area (Å²) in [6.45, 7) is 9.29. The number of nitrogens with one attached hydrogen (secondary N) is 2. The fraction of sp³-hybridized carbons (Fsp3) is 0.625. The molecule has 0 amide bonds. The van der Waals surface area contributed by atoms with Crippen LogP contribution in [0.2, 0.25) is 0 Å². The largest absolute Gasteiger partial charge is 0.379 e. The number of rotatable bonds is 5. The molecule has 2 N–H and O–H groups in total. The molecule has 106 valence electrons. The molecule has 0 bridgehead atoms. The second-order valence-electron chi connectivity index (χ2n) is 5.67. The summed E-state index contributed by atoms with van der Waals surface area (Å²) in [5.74, 6) is 0. The Morgan fingerprint density at radius 3 is 2.95 bits per heavy atom. The van der Waals surface area contributed by atoms with E-state index >= 15 is 0 Å². The topological polar surface area (TPSA) is 33.3 Å². The highest BCUT2D eigenvalue weighted by atomic mass is 16.5. The van der Waals surface area contributed by atoms with Gasteiger partial charge in [0.1, 0.15) is 0 Å². The van der Waals surface area contributed by atoms with Crippen molar-refractivity contribution in [3.8, 4) is 0 Å². The van der Waals surface area contributed by atoms with E-state index in [-0.39, 0.29) is 0 Å². The highest BCUT2D eigenvalue weighted by Gasteiger charge is 2.17. The average molecular weight is 262 g/mol. The van der Waals surface area contributed by atoms with Crippen molar-refractivity contribution in [2.24, 2.45) is 0 Å². The molecule has 1 fully saturated rings. The highest BCUT2D eigenvalue weighted by Crippen LogP contribution is 2.15. The zero-order valence-electron chi connectivity index (χ0n) is 12.3. The number of ether oxygens (including phenoxy) is 1. The molecule has 0 spiro atoms. The van der Waals surface area contributed by atoms with Crippen LogP contribution in [-0.4, -0.2) is 31.8 Å². The van der Waals surface area contributed by atoms with Crippen molar-refractivity contribution in [1.82, 2.24) is 10.6 Å². The van der Waals surface area contributed by atoms with E-state index in [1.54, 1.807) is 0 Å². The summed E-state index contributed by atoms with van der Waals surface area (Å²) in [4.78, 5) is 0. The summed E-state index contributed by atoms with van der Waals surface area (Å²) in [5, 5.41) is 7.18. The number of benzene rings is 1. The van der Waals surface area contributed by atoms with Crippen LogP contribution >= 0.6 is 0 Å². The summed E-state index contributed by atoms with van der Waals surface area (Å²) in [6, 6.07) is 10.1. The van der Waals surface area contributed by atoms with Gasteiger partial charge in [-0.15, -0.1) is 0 Å². The average Bonchev–Trinajstić information content (AvgIpc) is 2.39. The second-order valence-corrected chi connectivity index (χ2v) is 5.67. The lowest BCUT2D eigenvalue weighted by Gasteiger charge is -2.28. The van der Waals surface area contributed by atoms with Gasteiger partial charge in [0.2, 0.25) is 0 Å². The van der Waals surface area contributed by atoms with Crippen LogP contribution in [0.5, 0.6) is 0 Å². The third kappa shape index (κ3) is 4.60. The van der Waals surface area contributed by atoms with E-state index in [0.717, 1.165) is 26.2 Å². The lowest BCUT2D eigenvalue weighted by atomic mass is 10.0. The maximum atomic E-state index is 5.50. The minimum Gasteiger partial charge on any atom is -0.379 e. The van der Waals surface area contributed by atoms with Gasteiger partial charge < -0.3 is 15.4 Å². The molecule has 19 heavy (non-hydrogen) atoms. The fourth-order valence-electron chi connectivity index (χ4n) is 2.73. The molecule has 1 heterocycles. The molecule has 3 atom stereocenters. The standard InChI is InChI=1S/C16H26N2O/c1-12-5-4-6-15(9-12)14(3)18-13(2)10-16-11-19-8-7-17-16/h4-6,9,13-14,16-18H,7-8,10-11H2,1-3H3/t13?,14-,16?/m1/s1. The maximum absolute atomic E-state index is 5.50. The summed E-state index contributed by atoms with van der Waals surface area (Å²) in [7, 11) is 0. The number of morpholine rings is 1.